The second-order valence-electron chi connectivity index (χ2n) is 7.00. The van der Waals surface area contributed by atoms with Gasteiger partial charge in [0, 0.05) is 36.3 Å². The Bertz CT molecular complexity index is 857. The van der Waals surface area contributed by atoms with Gasteiger partial charge in [-0.25, -0.2) is 14.4 Å². The van der Waals surface area contributed by atoms with E-state index < -0.39 is 5.82 Å². The van der Waals surface area contributed by atoms with Crippen molar-refractivity contribution in [2.45, 2.75) is 25.0 Å². The fourth-order valence-corrected chi connectivity index (χ4v) is 4.33. The summed E-state index contributed by atoms with van der Waals surface area (Å²) >= 11 is 12.1. The monoisotopic (exact) mass is 426 g/mol. The number of benzene rings is 1. The van der Waals surface area contributed by atoms with Crippen molar-refractivity contribution in [3.8, 4) is 0 Å². The number of hydrogen-bond acceptors (Lipinski definition) is 6. The van der Waals surface area contributed by atoms with Gasteiger partial charge in [0.15, 0.2) is 0 Å². The molecule has 0 bridgehead atoms. The Labute approximate surface area is 172 Å². The van der Waals surface area contributed by atoms with Gasteiger partial charge in [0.25, 0.3) is 0 Å². The first-order valence-electron chi connectivity index (χ1n) is 9.27. The van der Waals surface area contributed by atoms with Crippen LogP contribution >= 0.6 is 23.2 Å². The van der Waals surface area contributed by atoms with E-state index in [1.54, 1.807) is 0 Å². The molecule has 0 saturated carbocycles. The minimum atomic E-state index is -0.518. The number of halogens is 3. The van der Waals surface area contributed by atoms with Gasteiger partial charge in [-0.3, -0.25) is 0 Å². The second-order valence-corrected chi connectivity index (χ2v) is 7.81. The van der Waals surface area contributed by atoms with E-state index in [-0.39, 0.29) is 23.8 Å². The first-order valence-corrected chi connectivity index (χ1v) is 10.0. The maximum atomic E-state index is 13.9. The van der Waals surface area contributed by atoms with Gasteiger partial charge < -0.3 is 19.6 Å². The standard InChI is InChI=1S/C19H21Cl2FN4O2/c20-14-7-15(21)16(22)6-13(14)17-9-25(4-5-28-17)18-8-19(24-11-23-18)26-3-1-2-12(26)10-27/h6-8,11-12,17,27H,1-5,9-10H2/t12-,17-/m1/s1. The van der Waals surface area contributed by atoms with Crippen LogP contribution in [-0.4, -0.2) is 54.0 Å². The summed E-state index contributed by atoms with van der Waals surface area (Å²) in [4.78, 5) is 13.0. The van der Waals surface area contributed by atoms with Gasteiger partial charge in [-0.15, -0.1) is 0 Å². The number of morpholine rings is 1. The summed E-state index contributed by atoms with van der Waals surface area (Å²) < 4.78 is 19.8. The number of aromatic nitrogens is 2. The van der Waals surface area contributed by atoms with E-state index in [0.29, 0.717) is 30.3 Å². The van der Waals surface area contributed by atoms with E-state index in [1.807, 2.05) is 6.07 Å². The van der Waals surface area contributed by atoms with E-state index in [1.165, 1.54) is 18.5 Å². The lowest BCUT2D eigenvalue weighted by molar-refractivity contribution is 0.0394. The van der Waals surface area contributed by atoms with Crippen LogP contribution in [-0.2, 0) is 4.74 Å². The van der Waals surface area contributed by atoms with Crippen molar-refractivity contribution in [3.05, 3.63) is 46.0 Å². The van der Waals surface area contributed by atoms with Crippen LogP contribution in [0.4, 0.5) is 16.0 Å². The highest BCUT2D eigenvalue weighted by Gasteiger charge is 2.28. The first kappa shape index (κ1) is 19.6. The van der Waals surface area contributed by atoms with Crippen molar-refractivity contribution in [1.82, 2.24) is 9.97 Å². The molecule has 0 spiro atoms. The van der Waals surface area contributed by atoms with E-state index in [4.69, 9.17) is 27.9 Å². The number of nitrogens with zero attached hydrogens (tertiary/aromatic N) is 4. The van der Waals surface area contributed by atoms with Crippen LogP contribution in [0.25, 0.3) is 0 Å². The number of aliphatic hydroxyl groups is 1. The lowest BCUT2D eigenvalue weighted by Gasteiger charge is -2.34. The third-order valence-corrected chi connectivity index (χ3v) is 5.91. The molecule has 28 heavy (non-hydrogen) atoms. The lowest BCUT2D eigenvalue weighted by atomic mass is 10.1. The molecule has 9 heteroatoms. The maximum Gasteiger partial charge on any atom is 0.142 e. The van der Waals surface area contributed by atoms with E-state index >= 15 is 0 Å². The smallest absolute Gasteiger partial charge is 0.142 e. The zero-order valence-corrected chi connectivity index (χ0v) is 16.7. The number of aliphatic hydroxyl groups excluding tert-OH is 1. The molecule has 0 radical (unpaired) electrons. The molecule has 0 unspecified atom stereocenters. The molecule has 4 rings (SSSR count). The summed E-state index contributed by atoms with van der Waals surface area (Å²) in [5, 5.41) is 9.95. The molecule has 0 aliphatic carbocycles. The van der Waals surface area contributed by atoms with Crippen LogP contribution in [0.1, 0.15) is 24.5 Å². The van der Waals surface area contributed by atoms with Crippen LogP contribution < -0.4 is 9.80 Å². The molecule has 1 aromatic heterocycles. The summed E-state index contributed by atoms with van der Waals surface area (Å²) in [6.07, 6.45) is 3.14. The summed E-state index contributed by atoms with van der Waals surface area (Å²) in [5.41, 5.74) is 0.572. The molecule has 2 aromatic rings. The summed E-state index contributed by atoms with van der Waals surface area (Å²) in [6.45, 7) is 2.59. The zero-order valence-electron chi connectivity index (χ0n) is 15.2. The SMILES string of the molecule is OC[C@H]1CCCN1c1cc(N2CCO[C@@H](c3cc(F)c(Cl)cc3Cl)C2)ncn1. The Morgan fingerprint density at radius 3 is 2.79 bits per heavy atom. The molecule has 3 heterocycles. The Hall–Kier alpha value is -1.67. The highest BCUT2D eigenvalue weighted by molar-refractivity contribution is 6.35. The van der Waals surface area contributed by atoms with E-state index in [2.05, 4.69) is 19.8 Å². The van der Waals surface area contributed by atoms with Gasteiger partial charge in [0.05, 0.1) is 24.3 Å². The zero-order chi connectivity index (χ0) is 19.7. The van der Waals surface area contributed by atoms with Crippen molar-refractivity contribution < 1.29 is 14.2 Å². The van der Waals surface area contributed by atoms with Gasteiger partial charge in [0.1, 0.15) is 29.9 Å². The maximum absolute atomic E-state index is 13.9. The summed E-state index contributed by atoms with van der Waals surface area (Å²) in [6, 6.07) is 4.76. The van der Waals surface area contributed by atoms with Crippen LogP contribution in [0.2, 0.25) is 10.0 Å². The average Bonchev–Trinajstić information content (AvgIpc) is 3.20. The van der Waals surface area contributed by atoms with Gasteiger partial charge in [-0.1, -0.05) is 23.2 Å². The van der Waals surface area contributed by atoms with E-state index in [0.717, 1.165) is 31.0 Å². The number of anilines is 2. The highest BCUT2D eigenvalue weighted by Crippen LogP contribution is 2.34. The van der Waals surface area contributed by atoms with Gasteiger partial charge in [-0.2, -0.15) is 0 Å². The summed E-state index contributed by atoms with van der Waals surface area (Å²) in [7, 11) is 0. The normalized spacial score (nSPS) is 22.7. The molecule has 150 valence electrons. The molecule has 1 N–H and O–H groups in total. The minimum Gasteiger partial charge on any atom is -0.394 e. The second kappa shape index (κ2) is 8.37. The van der Waals surface area contributed by atoms with Crippen LogP contribution in [0.15, 0.2) is 24.5 Å². The molecular weight excluding hydrogens is 406 g/mol. The van der Waals surface area contributed by atoms with Crippen molar-refractivity contribution in [2.24, 2.45) is 0 Å². The Kier molecular flexibility index (Phi) is 5.87. The van der Waals surface area contributed by atoms with Crippen molar-refractivity contribution in [3.63, 3.8) is 0 Å². The molecule has 6 nitrogen and oxygen atoms in total. The van der Waals surface area contributed by atoms with Crippen molar-refractivity contribution in [2.75, 3.05) is 42.6 Å². The van der Waals surface area contributed by atoms with E-state index in [9.17, 15) is 9.50 Å². The predicted molar refractivity (Wildman–Crippen MR) is 107 cm³/mol. The van der Waals surface area contributed by atoms with Crippen LogP contribution in [0, 0.1) is 5.82 Å². The third kappa shape index (κ3) is 3.89. The molecule has 0 amide bonds. The van der Waals surface area contributed by atoms with Crippen LogP contribution in [0.5, 0.6) is 0 Å². The Morgan fingerprint density at radius 2 is 1.96 bits per heavy atom. The molecule has 2 saturated heterocycles. The highest BCUT2D eigenvalue weighted by atomic mass is 35.5. The number of hydrogen-bond donors (Lipinski definition) is 1. The molecule has 2 fully saturated rings. The number of ether oxygens (including phenoxy) is 1. The first-order chi connectivity index (χ1) is 13.6. The van der Waals surface area contributed by atoms with Gasteiger partial charge >= 0.3 is 0 Å². The number of rotatable bonds is 4. The van der Waals surface area contributed by atoms with Crippen molar-refractivity contribution >= 4 is 34.8 Å². The quantitative estimate of drug-likeness (QED) is 0.755. The fraction of sp³-hybridized carbons (Fsp3) is 0.474. The lowest BCUT2D eigenvalue weighted by Crippen LogP contribution is -2.39. The topological polar surface area (TPSA) is 61.7 Å². The molecule has 2 atom stereocenters. The Balaban J connectivity index is 1.55. The van der Waals surface area contributed by atoms with Gasteiger partial charge in [-0.05, 0) is 25.0 Å². The fourth-order valence-electron chi connectivity index (χ4n) is 3.82. The summed E-state index contributed by atoms with van der Waals surface area (Å²) in [5.74, 6) is 1.06. The minimum absolute atomic E-state index is 0.00842. The molecule has 2 aliphatic rings. The van der Waals surface area contributed by atoms with Crippen LogP contribution in [0.3, 0.4) is 0 Å². The third-order valence-electron chi connectivity index (χ3n) is 5.30. The average molecular weight is 427 g/mol. The predicted octanol–water partition coefficient (Wildman–Crippen LogP) is 3.46. The largest absolute Gasteiger partial charge is 0.394 e. The molecule has 2 aliphatic heterocycles. The Morgan fingerprint density at radius 1 is 1.14 bits per heavy atom. The van der Waals surface area contributed by atoms with Crippen molar-refractivity contribution in [1.29, 1.82) is 0 Å². The molecular formula is C19H21Cl2FN4O2. The molecule has 1 aromatic carbocycles. The van der Waals surface area contributed by atoms with Gasteiger partial charge in [0.2, 0.25) is 0 Å².